The maximum atomic E-state index is 14.1. The van der Waals surface area contributed by atoms with Crippen molar-refractivity contribution in [2.45, 2.75) is 23.5 Å². The van der Waals surface area contributed by atoms with Crippen molar-refractivity contribution in [2.75, 3.05) is 22.1 Å². The second-order valence-electron chi connectivity index (χ2n) is 5.80. The van der Waals surface area contributed by atoms with E-state index >= 15 is 0 Å². The maximum absolute atomic E-state index is 14.1. The minimum absolute atomic E-state index is 0.103. The number of benzene rings is 2. The van der Waals surface area contributed by atoms with Crippen molar-refractivity contribution in [1.82, 2.24) is 0 Å². The quantitative estimate of drug-likeness (QED) is 0.531. The van der Waals surface area contributed by atoms with E-state index in [0.717, 1.165) is 0 Å². The van der Waals surface area contributed by atoms with Gasteiger partial charge in [-0.1, -0.05) is 11.8 Å². The molecule has 1 fully saturated rings. The molecule has 0 bridgehead atoms. The van der Waals surface area contributed by atoms with Gasteiger partial charge in [0.1, 0.15) is 5.82 Å². The van der Waals surface area contributed by atoms with Gasteiger partial charge in [-0.25, -0.2) is 4.39 Å². The van der Waals surface area contributed by atoms with Crippen molar-refractivity contribution < 1.29 is 18.0 Å². The van der Waals surface area contributed by atoms with Crippen molar-refractivity contribution in [3.05, 3.63) is 48.3 Å². The Morgan fingerprint density at radius 2 is 1.78 bits per heavy atom. The Bertz CT molecular complexity index is 846. The zero-order valence-corrected chi connectivity index (χ0v) is 15.7. The minimum Gasteiger partial charge on any atom is -0.332 e. The number of thioether (sulfide) groups is 1. The fourth-order valence-corrected chi connectivity index (χ4v) is 3.45. The molecular weight excluding hydrogens is 395 g/mol. The van der Waals surface area contributed by atoms with Gasteiger partial charge in [0.05, 0.1) is 5.69 Å². The lowest BCUT2D eigenvalue weighted by molar-refractivity contribution is -0.117. The summed E-state index contributed by atoms with van der Waals surface area (Å²) in [4.78, 5) is 13.7. The van der Waals surface area contributed by atoms with Crippen LogP contribution in [-0.4, -0.2) is 23.3 Å². The summed E-state index contributed by atoms with van der Waals surface area (Å²) in [6.07, 6.45) is 1.12. The molecule has 0 saturated carbocycles. The van der Waals surface area contributed by atoms with Gasteiger partial charge in [-0.05, 0) is 61.1 Å². The fourth-order valence-electron chi connectivity index (χ4n) is 2.71. The number of alkyl halides is 2. The number of carbonyl (C=O) groups is 1. The summed E-state index contributed by atoms with van der Waals surface area (Å²) in [6, 6.07) is 10.7. The highest BCUT2D eigenvalue weighted by Crippen LogP contribution is 2.28. The zero-order valence-electron chi connectivity index (χ0n) is 14.0. The minimum atomic E-state index is -2.47. The van der Waals surface area contributed by atoms with Gasteiger partial charge in [0, 0.05) is 29.2 Å². The van der Waals surface area contributed by atoms with Gasteiger partial charge < -0.3 is 15.5 Å². The molecule has 142 valence electrons. The van der Waals surface area contributed by atoms with E-state index in [1.165, 1.54) is 23.1 Å². The maximum Gasteiger partial charge on any atom is 0.288 e. The summed E-state index contributed by atoms with van der Waals surface area (Å²) in [5.74, 6) is -3.04. The van der Waals surface area contributed by atoms with Crippen molar-refractivity contribution in [3.63, 3.8) is 0 Å². The molecule has 2 N–H and O–H groups in total. The van der Waals surface area contributed by atoms with E-state index in [-0.39, 0.29) is 16.7 Å². The third kappa shape index (κ3) is 5.14. The molecule has 0 spiro atoms. The van der Waals surface area contributed by atoms with Gasteiger partial charge in [-0.2, -0.15) is 8.78 Å². The van der Waals surface area contributed by atoms with Gasteiger partial charge in [0.2, 0.25) is 5.91 Å². The van der Waals surface area contributed by atoms with E-state index in [0.29, 0.717) is 47.4 Å². The first-order valence-electron chi connectivity index (χ1n) is 8.15. The van der Waals surface area contributed by atoms with Crippen LogP contribution >= 0.6 is 24.0 Å². The van der Waals surface area contributed by atoms with E-state index in [1.807, 2.05) is 0 Å². The standard InChI is InChI=1S/C18H16F3N3OS2/c19-14-8-5-12(10-15(14)24-9-1-2-16(24)25)23-18(26)22-11-3-6-13(7-4-11)27-17(20)21/h3-8,10,17H,1-2,9H2,(H2,22,23,26). The number of nitrogens with one attached hydrogen (secondary N) is 2. The Morgan fingerprint density at radius 3 is 2.41 bits per heavy atom. The number of thiocarbonyl (C=S) groups is 1. The van der Waals surface area contributed by atoms with Crippen LogP contribution in [0.1, 0.15) is 12.8 Å². The lowest BCUT2D eigenvalue weighted by atomic mass is 10.2. The summed E-state index contributed by atoms with van der Waals surface area (Å²) in [6.45, 7) is 0.491. The molecule has 1 aliphatic rings. The second-order valence-corrected chi connectivity index (χ2v) is 7.27. The van der Waals surface area contributed by atoms with Gasteiger partial charge in [-0.15, -0.1) is 0 Å². The summed E-state index contributed by atoms with van der Waals surface area (Å²) < 4.78 is 38.8. The highest BCUT2D eigenvalue weighted by molar-refractivity contribution is 7.99. The van der Waals surface area contributed by atoms with E-state index in [4.69, 9.17) is 12.2 Å². The van der Waals surface area contributed by atoms with Gasteiger partial charge in [0.25, 0.3) is 5.76 Å². The smallest absolute Gasteiger partial charge is 0.288 e. The number of amides is 1. The molecule has 3 rings (SSSR count). The third-order valence-corrected chi connectivity index (χ3v) is 4.83. The van der Waals surface area contributed by atoms with Crippen LogP contribution in [0.25, 0.3) is 0 Å². The number of rotatable bonds is 5. The third-order valence-electron chi connectivity index (χ3n) is 3.91. The Kier molecular flexibility index (Phi) is 6.22. The molecule has 0 aromatic heterocycles. The predicted molar refractivity (Wildman–Crippen MR) is 106 cm³/mol. The summed E-state index contributed by atoms with van der Waals surface area (Å²) in [7, 11) is 0. The molecule has 0 aliphatic carbocycles. The van der Waals surface area contributed by atoms with Gasteiger partial charge in [0.15, 0.2) is 5.11 Å². The number of carbonyl (C=O) groups excluding carboxylic acids is 1. The van der Waals surface area contributed by atoms with Gasteiger partial charge >= 0.3 is 0 Å². The molecule has 2 aromatic carbocycles. The largest absolute Gasteiger partial charge is 0.332 e. The molecule has 0 atom stereocenters. The summed E-state index contributed by atoms with van der Waals surface area (Å²) >= 11 is 5.70. The van der Waals surface area contributed by atoms with Crippen LogP contribution in [0.15, 0.2) is 47.4 Å². The van der Waals surface area contributed by atoms with Crippen molar-refractivity contribution in [3.8, 4) is 0 Å². The van der Waals surface area contributed by atoms with E-state index < -0.39 is 11.6 Å². The molecule has 1 saturated heterocycles. The second kappa shape index (κ2) is 8.62. The Balaban J connectivity index is 1.65. The molecule has 9 heteroatoms. The topological polar surface area (TPSA) is 44.4 Å². The molecule has 4 nitrogen and oxygen atoms in total. The van der Waals surface area contributed by atoms with Crippen LogP contribution in [0.5, 0.6) is 0 Å². The first kappa shape index (κ1) is 19.5. The molecule has 1 aliphatic heterocycles. The first-order valence-corrected chi connectivity index (χ1v) is 9.44. The molecule has 27 heavy (non-hydrogen) atoms. The monoisotopic (exact) mass is 411 g/mol. The van der Waals surface area contributed by atoms with Crippen LogP contribution in [0.4, 0.5) is 30.2 Å². The van der Waals surface area contributed by atoms with E-state index in [2.05, 4.69) is 10.6 Å². The molecule has 2 aromatic rings. The van der Waals surface area contributed by atoms with E-state index in [1.54, 1.807) is 24.3 Å². The van der Waals surface area contributed by atoms with Crippen molar-refractivity contribution in [1.29, 1.82) is 0 Å². The Morgan fingerprint density at radius 1 is 1.11 bits per heavy atom. The Labute approximate surface area is 164 Å². The molecule has 0 unspecified atom stereocenters. The predicted octanol–water partition coefficient (Wildman–Crippen LogP) is 5.08. The highest BCUT2D eigenvalue weighted by Gasteiger charge is 2.24. The lowest BCUT2D eigenvalue weighted by Crippen LogP contribution is -2.25. The average molecular weight is 411 g/mol. The number of hydrogen-bond donors (Lipinski definition) is 2. The molecule has 1 heterocycles. The molecule has 0 radical (unpaired) electrons. The lowest BCUT2D eigenvalue weighted by Gasteiger charge is -2.18. The first-order chi connectivity index (χ1) is 12.9. The number of anilines is 3. The van der Waals surface area contributed by atoms with Crippen LogP contribution < -0.4 is 15.5 Å². The Hall–Kier alpha value is -2.26. The number of hydrogen-bond acceptors (Lipinski definition) is 3. The zero-order chi connectivity index (χ0) is 19.4. The fraction of sp³-hybridized carbons (Fsp3) is 0.222. The molecule has 1 amide bonds. The average Bonchev–Trinajstić information content (AvgIpc) is 3.04. The summed E-state index contributed by atoms with van der Waals surface area (Å²) in [5.41, 5.74) is 1.38. The van der Waals surface area contributed by atoms with Crippen LogP contribution in [0, 0.1) is 5.82 Å². The van der Waals surface area contributed by atoms with Crippen molar-refractivity contribution >= 4 is 52.1 Å². The van der Waals surface area contributed by atoms with Crippen LogP contribution in [0.2, 0.25) is 0 Å². The normalized spacial score (nSPS) is 13.9. The van der Waals surface area contributed by atoms with Crippen LogP contribution in [-0.2, 0) is 4.79 Å². The van der Waals surface area contributed by atoms with Crippen LogP contribution in [0.3, 0.4) is 0 Å². The van der Waals surface area contributed by atoms with E-state index in [9.17, 15) is 18.0 Å². The highest BCUT2D eigenvalue weighted by atomic mass is 32.2. The molecular formula is C18H16F3N3OS2. The number of nitrogens with zero attached hydrogens (tertiary/aromatic N) is 1. The SMILES string of the molecule is O=C1CCCN1c1cc(NC(=S)Nc2ccc(SC(F)F)cc2)ccc1F. The summed E-state index contributed by atoms with van der Waals surface area (Å²) in [5, 5.41) is 6.13. The number of halogens is 3. The van der Waals surface area contributed by atoms with Crippen molar-refractivity contribution in [2.24, 2.45) is 0 Å². The van der Waals surface area contributed by atoms with Gasteiger partial charge in [-0.3, -0.25) is 4.79 Å².